The van der Waals surface area contributed by atoms with Crippen molar-refractivity contribution in [1.82, 2.24) is 5.32 Å². The van der Waals surface area contributed by atoms with Crippen LogP contribution in [-0.2, 0) is 4.74 Å². The van der Waals surface area contributed by atoms with Crippen molar-refractivity contribution in [2.45, 2.75) is 26.4 Å². The molecule has 106 valence electrons. The van der Waals surface area contributed by atoms with Crippen LogP contribution >= 0.6 is 0 Å². The summed E-state index contributed by atoms with van der Waals surface area (Å²) < 4.78 is 5.08. The van der Waals surface area contributed by atoms with Crippen LogP contribution in [0.4, 0.5) is 4.79 Å². The number of amides is 1. The van der Waals surface area contributed by atoms with E-state index in [0.29, 0.717) is 5.56 Å². The van der Waals surface area contributed by atoms with Gasteiger partial charge in [-0.15, -0.1) is 0 Å². The normalized spacial score (nSPS) is 10.2. The Bertz CT molecular complexity index is 562. The van der Waals surface area contributed by atoms with Crippen LogP contribution in [0.1, 0.15) is 31.9 Å². The molecule has 0 atom stereocenters. The Labute approximate surface area is 119 Å². The molecular formula is C15H19N3O2. The van der Waals surface area contributed by atoms with E-state index in [1.165, 1.54) is 0 Å². The summed E-state index contributed by atoms with van der Waals surface area (Å²) in [7, 11) is 0. The highest BCUT2D eigenvalue weighted by molar-refractivity contribution is 5.95. The first-order valence-corrected chi connectivity index (χ1v) is 6.18. The Balaban J connectivity index is 2.53. The fraction of sp³-hybridized carbons (Fsp3) is 0.333. The molecule has 4 N–H and O–H groups in total. The maximum Gasteiger partial charge on any atom is 0.408 e. The predicted octanol–water partition coefficient (Wildman–Crippen LogP) is 1.85. The fourth-order valence-corrected chi connectivity index (χ4v) is 1.34. The van der Waals surface area contributed by atoms with E-state index >= 15 is 0 Å². The summed E-state index contributed by atoms with van der Waals surface area (Å²) in [5.41, 5.74) is 6.24. The van der Waals surface area contributed by atoms with Gasteiger partial charge >= 0.3 is 6.09 Å². The van der Waals surface area contributed by atoms with E-state index < -0.39 is 11.7 Å². The molecule has 0 saturated carbocycles. The van der Waals surface area contributed by atoms with Crippen LogP contribution < -0.4 is 11.1 Å². The van der Waals surface area contributed by atoms with Crippen molar-refractivity contribution in [1.29, 1.82) is 5.41 Å². The maximum absolute atomic E-state index is 11.4. The monoisotopic (exact) mass is 273 g/mol. The van der Waals surface area contributed by atoms with Gasteiger partial charge in [-0.2, -0.15) is 0 Å². The van der Waals surface area contributed by atoms with Gasteiger partial charge < -0.3 is 15.8 Å². The van der Waals surface area contributed by atoms with Crippen molar-refractivity contribution in [3.63, 3.8) is 0 Å². The molecule has 0 saturated heterocycles. The molecular weight excluding hydrogens is 254 g/mol. The lowest BCUT2D eigenvalue weighted by atomic mass is 10.1. The molecule has 0 radical (unpaired) electrons. The Morgan fingerprint density at radius 1 is 1.45 bits per heavy atom. The highest BCUT2D eigenvalue weighted by Crippen LogP contribution is 2.06. The minimum Gasteiger partial charge on any atom is -0.444 e. The number of alkyl carbamates (subject to hydrolysis) is 1. The van der Waals surface area contributed by atoms with E-state index in [1.54, 1.807) is 39.0 Å². The van der Waals surface area contributed by atoms with Gasteiger partial charge in [0, 0.05) is 11.1 Å². The average molecular weight is 273 g/mol. The first-order valence-electron chi connectivity index (χ1n) is 6.18. The maximum atomic E-state index is 11.4. The highest BCUT2D eigenvalue weighted by atomic mass is 16.6. The van der Waals surface area contributed by atoms with Crippen molar-refractivity contribution in [2.75, 3.05) is 6.54 Å². The lowest BCUT2D eigenvalue weighted by Crippen LogP contribution is -2.32. The smallest absolute Gasteiger partial charge is 0.408 e. The number of amidine groups is 1. The van der Waals surface area contributed by atoms with Gasteiger partial charge in [-0.25, -0.2) is 4.79 Å². The standard InChI is InChI=1S/C15H19N3O2/c1-15(2,3)20-14(19)18-9-5-7-11-6-4-8-12(10-11)13(16)17/h4,6,8,10H,9H2,1-3H3,(H3,16,17)(H,18,19). The number of carbonyl (C=O) groups is 1. The summed E-state index contributed by atoms with van der Waals surface area (Å²) in [6.45, 7) is 5.59. The molecule has 0 aliphatic carbocycles. The second kappa shape index (κ2) is 6.62. The van der Waals surface area contributed by atoms with Crippen LogP contribution in [0.25, 0.3) is 0 Å². The summed E-state index contributed by atoms with van der Waals surface area (Å²) in [5.74, 6) is 5.70. The zero-order valence-electron chi connectivity index (χ0n) is 11.9. The summed E-state index contributed by atoms with van der Waals surface area (Å²) >= 11 is 0. The van der Waals surface area contributed by atoms with Crippen LogP contribution in [0.5, 0.6) is 0 Å². The Hall–Kier alpha value is -2.48. The van der Waals surface area contributed by atoms with Gasteiger partial charge in [0.1, 0.15) is 11.4 Å². The number of nitrogens with two attached hydrogens (primary N) is 1. The molecule has 0 aliphatic heterocycles. The minimum atomic E-state index is -0.521. The van der Waals surface area contributed by atoms with Crippen molar-refractivity contribution in [2.24, 2.45) is 5.73 Å². The van der Waals surface area contributed by atoms with Crippen LogP contribution in [0.3, 0.4) is 0 Å². The number of ether oxygens (including phenoxy) is 1. The molecule has 0 bridgehead atoms. The van der Waals surface area contributed by atoms with Gasteiger partial charge in [-0.1, -0.05) is 24.0 Å². The van der Waals surface area contributed by atoms with Crippen LogP contribution in [-0.4, -0.2) is 24.1 Å². The van der Waals surface area contributed by atoms with E-state index in [0.717, 1.165) is 5.56 Å². The lowest BCUT2D eigenvalue weighted by Gasteiger charge is -2.18. The molecule has 0 aromatic heterocycles. The molecule has 1 aromatic rings. The SMILES string of the molecule is CC(C)(C)OC(=O)NCC#Cc1cccc(C(=N)N)c1. The quantitative estimate of drug-likeness (QED) is 0.436. The molecule has 1 amide bonds. The molecule has 0 unspecified atom stereocenters. The first-order chi connectivity index (χ1) is 9.28. The Morgan fingerprint density at radius 3 is 2.75 bits per heavy atom. The fourth-order valence-electron chi connectivity index (χ4n) is 1.34. The van der Waals surface area contributed by atoms with Crippen molar-refractivity contribution < 1.29 is 9.53 Å². The van der Waals surface area contributed by atoms with Crippen molar-refractivity contribution in [3.8, 4) is 11.8 Å². The average Bonchev–Trinajstić information content (AvgIpc) is 2.33. The summed E-state index contributed by atoms with van der Waals surface area (Å²) in [4.78, 5) is 11.4. The molecule has 0 heterocycles. The summed E-state index contributed by atoms with van der Waals surface area (Å²) in [5, 5.41) is 9.89. The van der Waals surface area contributed by atoms with Crippen molar-refractivity contribution in [3.05, 3.63) is 35.4 Å². The number of nitrogens with one attached hydrogen (secondary N) is 2. The van der Waals surface area contributed by atoms with Gasteiger partial charge in [0.25, 0.3) is 0 Å². The molecule has 1 rings (SSSR count). The van der Waals surface area contributed by atoms with Crippen LogP contribution in [0, 0.1) is 17.3 Å². The minimum absolute atomic E-state index is 0.000491. The number of benzene rings is 1. The van der Waals surface area contributed by atoms with E-state index in [4.69, 9.17) is 15.9 Å². The largest absolute Gasteiger partial charge is 0.444 e. The lowest BCUT2D eigenvalue weighted by molar-refractivity contribution is 0.0535. The molecule has 1 aromatic carbocycles. The Morgan fingerprint density at radius 2 is 2.15 bits per heavy atom. The van der Waals surface area contributed by atoms with Crippen LogP contribution in [0.2, 0.25) is 0 Å². The van der Waals surface area contributed by atoms with Gasteiger partial charge in [-0.3, -0.25) is 5.41 Å². The van der Waals surface area contributed by atoms with Crippen LogP contribution in [0.15, 0.2) is 24.3 Å². The van der Waals surface area contributed by atoms with E-state index in [1.807, 2.05) is 6.07 Å². The topological polar surface area (TPSA) is 88.2 Å². The molecule has 0 aliphatic rings. The first kappa shape index (κ1) is 15.6. The van der Waals surface area contributed by atoms with E-state index in [-0.39, 0.29) is 12.4 Å². The third kappa shape index (κ3) is 5.91. The summed E-state index contributed by atoms with van der Waals surface area (Å²) in [6.07, 6.45) is -0.496. The summed E-state index contributed by atoms with van der Waals surface area (Å²) in [6, 6.07) is 7.06. The van der Waals surface area contributed by atoms with Gasteiger partial charge in [0.15, 0.2) is 0 Å². The van der Waals surface area contributed by atoms with E-state index in [2.05, 4.69) is 17.2 Å². The van der Waals surface area contributed by atoms with Crippen molar-refractivity contribution >= 4 is 11.9 Å². The van der Waals surface area contributed by atoms with Gasteiger partial charge in [0.05, 0.1) is 6.54 Å². The molecule has 5 nitrogen and oxygen atoms in total. The second-order valence-corrected chi connectivity index (χ2v) is 5.15. The molecule has 5 heteroatoms. The number of hydrogen-bond donors (Lipinski definition) is 3. The number of hydrogen-bond acceptors (Lipinski definition) is 3. The Kier molecular flexibility index (Phi) is 5.15. The molecule has 0 fully saturated rings. The third-order valence-corrected chi connectivity index (χ3v) is 2.13. The number of carbonyl (C=O) groups excluding carboxylic acids is 1. The van der Waals surface area contributed by atoms with E-state index in [9.17, 15) is 4.79 Å². The number of nitrogen functional groups attached to an aromatic ring is 1. The second-order valence-electron chi connectivity index (χ2n) is 5.15. The zero-order valence-corrected chi connectivity index (χ0v) is 11.9. The third-order valence-electron chi connectivity index (χ3n) is 2.13. The zero-order chi connectivity index (χ0) is 15.2. The van der Waals surface area contributed by atoms with Gasteiger partial charge in [0.2, 0.25) is 0 Å². The highest BCUT2D eigenvalue weighted by Gasteiger charge is 2.14. The molecule has 0 spiro atoms. The predicted molar refractivity (Wildman–Crippen MR) is 78.6 cm³/mol. The van der Waals surface area contributed by atoms with Gasteiger partial charge in [-0.05, 0) is 32.9 Å². The molecule has 20 heavy (non-hydrogen) atoms. The number of rotatable bonds is 2.